The molecule has 0 atom stereocenters. The van der Waals surface area contributed by atoms with Crippen LogP contribution in [0.15, 0.2) is 185 Å². The first kappa shape index (κ1) is 33.5. The van der Waals surface area contributed by atoms with E-state index < -0.39 is 0 Å². The van der Waals surface area contributed by atoms with Crippen molar-refractivity contribution in [3.63, 3.8) is 0 Å². The number of fused-ring (bicyclic) bond motifs is 9. The van der Waals surface area contributed by atoms with Crippen molar-refractivity contribution in [3.8, 4) is 67.5 Å². The van der Waals surface area contributed by atoms with Gasteiger partial charge in [0, 0.05) is 43.7 Å². The summed E-state index contributed by atoms with van der Waals surface area (Å²) >= 11 is 0. The zero-order valence-corrected chi connectivity index (χ0v) is 32.4. The zero-order valence-electron chi connectivity index (χ0n) is 32.4. The molecule has 0 saturated carbocycles. The van der Waals surface area contributed by atoms with Crippen LogP contribution in [0.3, 0.4) is 0 Å². The predicted molar refractivity (Wildman–Crippen MR) is 239 cm³/mol. The first-order valence-corrected chi connectivity index (χ1v) is 20.0. The molecule has 1 aliphatic rings. The van der Waals surface area contributed by atoms with E-state index in [0.717, 1.165) is 71.7 Å². The topological polar surface area (TPSA) is 65.0 Å². The number of hydrogen-bond donors (Lipinski definition) is 0. The van der Waals surface area contributed by atoms with Gasteiger partial charge < -0.3 is 8.83 Å². The Hall–Kier alpha value is -7.63. The summed E-state index contributed by atoms with van der Waals surface area (Å²) in [7, 11) is 0. The van der Waals surface area contributed by atoms with Gasteiger partial charge in [-0.1, -0.05) is 153 Å². The summed E-state index contributed by atoms with van der Waals surface area (Å²) in [4.78, 5) is 15.3. The van der Waals surface area contributed by atoms with Gasteiger partial charge in [0.2, 0.25) is 0 Å². The van der Waals surface area contributed by atoms with Crippen LogP contribution >= 0.6 is 0 Å². The standard InChI is InChI=1S/C54H35N3O2/c1-54(2)43-18-8-6-15-40(43)49-37(16-10-19-44(49)54)33-24-22-32(23-25-33)35-27-29-46-42(30-35)50-41(17-11-21-47(50)58-46)53-56-51(34-12-4-3-5-13-34)55-52(57-53)36-26-28-39-38-14-7-9-20-45(38)59-48(39)31-36/h3-31H,1-2H3. The Kier molecular flexibility index (Phi) is 7.20. The molecule has 3 heterocycles. The zero-order chi connectivity index (χ0) is 39.2. The van der Waals surface area contributed by atoms with Crippen LogP contribution in [0.4, 0.5) is 0 Å². The lowest BCUT2D eigenvalue weighted by Gasteiger charge is -2.21. The third-order valence-electron chi connectivity index (χ3n) is 12.2. The van der Waals surface area contributed by atoms with Gasteiger partial charge in [-0.15, -0.1) is 0 Å². The first-order valence-electron chi connectivity index (χ1n) is 20.0. The minimum atomic E-state index is -0.0424. The summed E-state index contributed by atoms with van der Waals surface area (Å²) in [6, 6.07) is 61.4. The third kappa shape index (κ3) is 5.21. The van der Waals surface area contributed by atoms with Gasteiger partial charge in [-0.2, -0.15) is 0 Å². The van der Waals surface area contributed by atoms with E-state index in [1.807, 2.05) is 66.7 Å². The summed E-state index contributed by atoms with van der Waals surface area (Å²) in [6.45, 7) is 4.66. The summed E-state index contributed by atoms with van der Waals surface area (Å²) in [5, 5.41) is 4.11. The highest BCUT2D eigenvalue weighted by Gasteiger charge is 2.36. The molecule has 3 aromatic heterocycles. The van der Waals surface area contributed by atoms with Crippen LogP contribution in [0.1, 0.15) is 25.0 Å². The molecule has 5 nitrogen and oxygen atoms in total. The predicted octanol–water partition coefficient (Wildman–Crippen LogP) is 14.3. The molecule has 0 N–H and O–H groups in total. The van der Waals surface area contributed by atoms with Crippen molar-refractivity contribution in [2.75, 3.05) is 0 Å². The lowest BCUT2D eigenvalue weighted by molar-refractivity contribution is 0.660. The minimum absolute atomic E-state index is 0.0424. The Morgan fingerprint density at radius 1 is 0.356 bits per heavy atom. The Labute approximate surface area is 340 Å². The molecule has 0 aliphatic heterocycles. The van der Waals surface area contributed by atoms with Crippen molar-refractivity contribution in [3.05, 3.63) is 187 Å². The van der Waals surface area contributed by atoms with Crippen LogP contribution in [-0.2, 0) is 5.41 Å². The molecule has 5 heteroatoms. The van der Waals surface area contributed by atoms with Crippen molar-refractivity contribution in [2.45, 2.75) is 19.3 Å². The van der Waals surface area contributed by atoms with E-state index in [1.165, 1.54) is 33.4 Å². The van der Waals surface area contributed by atoms with Crippen LogP contribution in [0.25, 0.3) is 111 Å². The van der Waals surface area contributed by atoms with Crippen LogP contribution in [0.2, 0.25) is 0 Å². The fraction of sp³-hybridized carbons (Fsp3) is 0.0556. The molecule has 11 aromatic rings. The fourth-order valence-electron chi connectivity index (χ4n) is 9.24. The Bertz CT molecular complexity index is 3470. The summed E-state index contributed by atoms with van der Waals surface area (Å²) in [5.74, 6) is 1.73. The third-order valence-corrected chi connectivity index (χ3v) is 12.2. The molecule has 1 aliphatic carbocycles. The van der Waals surface area contributed by atoms with E-state index >= 15 is 0 Å². The van der Waals surface area contributed by atoms with E-state index in [9.17, 15) is 0 Å². The van der Waals surface area contributed by atoms with E-state index in [1.54, 1.807) is 0 Å². The van der Waals surface area contributed by atoms with Crippen LogP contribution in [0, 0.1) is 0 Å². The Morgan fingerprint density at radius 3 is 1.83 bits per heavy atom. The summed E-state index contributed by atoms with van der Waals surface area (Å²) in [6.07, 6.45) is 0. The normalized spacial score (nSPS) is 13.1. The largest absolute Gasteiger partial charge is 0.456 e. The lowest BCUT2D eigenvalue weighted by Crippen LogP contribution is -2.14. The van der Waals surface area contributed by atoms with Gasteiger partial charge in [0.1, 0.15) is 22.3 Å². The average Bonchev–Trinajstić information content (AvgIpc) is 3.93. The average molecular weight is 758 g/mol. The molecule has 0 bridgehead atoms. The molecular weight excluding hydrogens is 723 g/mol. The molecule has 0 saturated heterocycles. The van der Waals surface area contributed by atoms with Crippen LogP contribution in [0.5, 0.6) is 0 Å². The molecule has 278 valence electrons. The lowest BCUT2D eigenvalue weighted by atomic mass is 9.82. The van der Waals surface area contributed by atoms with Crippen molar-refractivity contribution in [2.24, 2.45) is 0 Å². The van der Waals surface area contributed by atoms with Crippen LogP contribution < -0.4 is 0 Å². The summed E-state index contributed by atoms with van der Waals surface area (Å²) in [5.41, 5.74) is 15.9. The number of furan rings is 2. The number of aromatic nitrogens is 3. The van der Waals surface area contributed by atoms with E-state index in [2.05, 4.69) is 123 Å². The Morgan fingerprint density at radius 2 is 0.949 bits per heavy atom. The van der Waals surface area contributed by atoms with Gasteiger partial charge in [-0.3, -0.25) is 0 Å². The second-order valence-electron chi connectivity index (χ2n) is 15.9. The molecule has 8 aromatic carbocycles. The van der Waals surface area contributed by atoms with E-state index in [-0.39, 0.29) is 5.41 Å². The second kappa shape index (κ2) is 12.7. The molecular formula is C54H35N3O2. The van der Waals surface area contributed by atoms with Crippen LogP contribution in [-0.4, -0.2) is 15.0 Å². The molecule has 0 fully saturated rings. The van der Waals surface area contributed by atoms with Gasteiger partial charge in [-0.25, -0.2) is 15.0 Å². The molecule has 0 radical (unpaired) electrons. The number of rotatable bonds is 5. The quantitative estimate of drug-likeness (QED) is 0.175. The van der Waals surface area contributed by atoms with Crippen molar-refractivity contribution in [1.29, 1.82) is 0 Å². The molecule has 0 amide bonds. The van der Waals surface area contributed by atoms with Crippen molar-refractivity contribution < 1.29 is 8.83 Å². The molecule has 0 unspecified atom stereocenters. The molecule has 0 spiro atoms. The van der Waals surface area contributed by atoms with Gasteiger partial charge in [0.25, 0.3) is 0 Å². The number of para-hydroxylation sites is 1. The van der Waals surface area contributed by atoms with Crippen molar-refractivity contribution in [1.82, 2.24) is 15.0 Å². The smallest absolute Gasteiger partial charge is 0.164 e. The number of nitrogens with zero attached hydrogens (tertiary/aromatic N) is 3. The van der Waals surface area contributed by atoms with Gasteiger partial charge in [0.15, 0.2) is 17.5 Å². The van der Waals surface area contributed by atoms with Crippen molar-refractivity contribution >= 4 is 43.9 Å². The highest BCUT2D eigenvalue weighted by atomic mass is 16.3. The van der Waals surface area contributed by atoms with E-state index in [4.69, 9.17) is 23.8 Å². The maximum absolute atomic E-state index is 6.49. The minimum Gasteiger partial charge on any atom is -0.456 e. The highest BCUT2D eigenvalue weighted by molar-refractivity contribution is 6.13. The molecule has 59 heavy (non-hydrogen) atoms. The maximum atomic E-state index is 6.49. The highest BCUT2D eigenvalue weighted by Crippen LogP contribution is 2.52. The van der Waals surface area contributed by atoms with E-state index in [0.29, 0.717) is 17.5 Å². The Balaban J connectivity index is 0.974. The first-order chi connectivity index (χ1) is 29.0. The van der Waals surface area contributed by atoms with Gasteiger partial charge in [0.05, 0.1) is 0 Å². The summed E-state index contributed by atoms with van der Waals surface area (Å²) < 4.78 is 12.8. The second-order valence-corrected chi connectivity index (χ2v) is 15.9. The monoisotopic (exact) mass is 757 g/mol. The van der Waals surface area contributed by atoms with Gasteiger partial charge >= 0.3 is 0 Å². The SMILES string of the molecule is CC1(C)c2ccccc2-c2c(-c3ccc(-c4ccc5oc6cccc(-c7nc(-c8ccccc8)nc(-c8ccc9c(c8)oc8ccccc89)n7)c6c5c4)cc3)cccc21. The number of hydrogen-bond acceptors (Lipinski definition) is 5. The van der Waals surface area contributed by atoms with Gasteiger partial charge in [-0.05, 0) is 80.9 Å². The number of benzene rings is 8. The fourth-order valence-corrected chi connectivity index (χ4v) is 9.24. The molecule has 12 rings (SSSR count). The maximum Gasteiger partial charge on any atom is 0.164 e.